The van der Waals surface area contributed by atoms with Gasteiger partial charge in [0.15, 0.2) is 0 Å². The second-order valence-corrected chi connectivity index (χ2v) is 18.6. The van der Waals surface area contributed by atoms with Crippen molar-refractivity contribution in [2.45, 2.75) is 271 Å². The first-order chi connectivity index (χ1) is 28.7. The van der Waals surface area contributed by atoms with Crippen LogP contribution < -0.4 is 5.32 Å². The van der Waals surface area contributed by atoms with Gasteiger partial charge in [-0.15, -0.1) is 0 Å². The van der Waals surface area contributed by atoms with E-state index in [-0.39, 0.29) is 30.1 Å². The van der Waals surface area contributed by atoms with E-state index in [4.69, 9.17) is 14.2 Å². The second kappa shape index (κ2) is 38.0. The number of amides is 1. The number of carbonyl (C=O) groups is 3. The van der Waals surface area contributed by atoms with Gasteiger partial charge in [0.1, 0.15) is 17.8 Å². The summed E-state index contributed by atoms with van der Waals surface area (Å²) in [5.74, 6) is 0.517. The summed E-state index contributed by atoms with van der Waals surface area (Å²) in [4.78, 5) is 40.6. The number of methoxy groups -OCH3 is 1. The van der Waals surface area contributed by atoms with Crippen molar-refractivity contribution in [3.63, 3.8) is 0 Å². The molecule has 1 amide bonds. The summed E-state index contributed by atoms with van der Waals surface area (Å²) in [5, 5.41) is 3.04. The molecule has 0 spiro atoms. The highest BCUT2D eigenvalue weighted by molar-refractivity contribution is 5.84. The van der Waals surface area contributed by atoms with E-state index in [2.05, 4.69) is 31.0 Å². The number of esters is 2. The van der Waals surface area contributed by atoms with Gasteiger partial charge in [0.25, 0.3) is 5.91 Å². The molecule has 1 rings (SSSR count). The largest absolute Gasteiger partial charge is 0.462 e. The third-order valence-electron chi connectivity index (χ3n) is 12.5. The van der Waals surface area contributed by atoms with E-state index in [1.165, 1.54) is 128 Å². The van der Waals surface area contributed by atoms with Gasteiger partial charge >= 0.3 is 11.9 Å². The highest BCUT2D eigenvalue weighted by Gasteiger charge is 2.33. The Morgan fingerprint density at radius 1 is 0.542 bits per heavy atom. The minimum absolute atomic E-state index is 0.00304. The van der Waals surface area contributed by atoms with E-state index < -0.39 is 5.60 Å². The molecule has 1 atom stereocenters. The molecule has 1 aliphatic rings. The van der Waals surface area contributed by atoms with Gasteiger partial charge in [-0.05, 0) is 123 Å². The number of unbranched alkanes of at least 4 members (excludes halogenated alkanes) is 21. The van der Waals surface area contributed by atoms with Crippen molar-refractivity contribution in [3.8, 4) is 0 Å². The van der Waals surface area contributed by atoms with E-state index in [1.807, 2.05) is 0 Å². The van der Waals surface area contributed by atoms with Crippen LogP contribution in [0.3, 0.4) is 0 Å². The Balaban J connectivity index is 2.42. The van der Waals surface area contributed by atoms with Gasteiger partial charge in [0.2, 0.25) is 0 Å². The molecule has 0 saturated heterocycles. The number of nitrogens with one attached hydrogen (secondary N) is 1. The molecule has 0 bridgehead atoms. The fourth-order valence-corrected chi connectivity index (χ4v) is 8.09. The van der Waals surface area contributed by atoms with Crippen LogP contribution >= 0.6 is 0 Å². The van der Waals surface area contributed by atoms with Crippen LogP contribution in [0.2, 0.25) is 0 Å². The third kappa shape index (κ3) is 32.7. The minimum atomic E-state index is -0.826. The van der Waals surface area contributed by atoms with Crippen LogP contribution in [0.1, 0.15) is 253 Å². The predicted molar refractivity (Wildman–Crippen MR) is 248 cm³/mol. The smallest absolute Gasteiger partial charge is 0.306 e. The normalized spacial score (nSPS) is 13.6. The molecule has 59 heavy (non-hydrogen) atoms. The van der Waals surface area contributed by atoms with Gasteiger partial charge in [-0.1, -0.05) is 143 Å². The van der Waals surface area contributed by atoms with Crippen molar-refractivity contribution < 1.29 is 28.6 Å². The molecule has 0 aliphatic heterocycles. The Kier molecular flexibility index (Phi) is 35.7. The third-order valence-corrected chi connectivity index (χ3v) is 12.5. The van der Waals surface area contributed by atoms with E-state index in [0.29, 0.717) is 25.3 Å². The molecule has 1 unspecified atom stereocenters. The number of rotatable bonds is 44. The Morgan fingerprint density at radius 3 is 1.44 bits per heavy atom. The topological polar surface area (TPSA) is 94.2 Å². The second-order valence-electron chi connectivity index (χ2n) is 18.6. The van der Waals surface area contributed by atoms with Crippen LogP contribution in [-0.4, -0.2) is 73.8 Å². The van der Waals surface area contributed by atoms with Gasteiger partial charge in [-0.25, -0.2) is 0 Å². The Bertz CT molecular complexity index is 985. The summed E-state index contributed by atoms with van der Waals surface area (Å²) >= 11 is 0. The van der Waals surface area contributed by atoms with Gasteiger partial charge in [0.05, 0.1) is 0 Å². The molecular formula is C51H98N2O6. The van der Waals surface area contributed by atoms with Crippen molar-refractivity contribution in [1.29, 1.82) is 0 Å². The molecule has 0 heterocycles. The van der Waals surface area contributed by atoms with Gasteiger partial charge in [-0.2, -0.15) is 0 Å². The maximum Gasteiger partial charge on any atom is 0.306 e. The van der Waals surface area contributed by atoms with E-state index in [0.717, 1.165) is 96.7 Å². The van der Waals surface area contributed by atoms with Crippen LogP contribution in [0.25, 0.3) is 0 Å². The molecule has 0 aromatic heterocycles. The Morgan fingerprint density at radius 2 is 0.949 bits per heavy atom. The summed E-state index contributed by atoms with van der Waals surface area (Å²) in [5.41, 5.74) is -0.826. The highest BCUT2D eigenvalue weighted by atomic mass is 16.5. The zero-order valence-corrected chi connectivity index (χ0v) is 40.0. The van der Waals surface area contributed by atoms with Crippen molar-refractivity contribution in [2.24, 2.45) is 5.92 Å². The molecule has 1 fully saturated rings. The quantitative estimate of drug-likeness (QED) is 0.0482. The monoisotopic (exact) mass is 835 g/mol. The fourth-order valence-electron chi connectivity index (χ4n) is 8.09. The maximum atomic E-state index is 12.9. The number of ether oxygens (including phenoxy) is 3. The van der Waals surface area contributed by atoms with Crippen LogP contribution in [0.5, 0.6) is 0 Å². The Labute approximate surface area is 365 Å². The van der Waals surface area contributed by atoms with Gasteiger partial charge in [0, 0.05) is 26.5 Å². The van der Waals surface area contributed by atoms with Gasteiger partial charge in [-0.3, -0.25) is 14.4 Å². The maximum absolute atomic E-state index is 12.9. The molecule has 1 aliphatic carbocycles. The Hall–Kier alpha value is -1.67. The summed E-state index contributed by atoms with van der Waals surface area (Å²) in [6, 6.07) is 0. The number of hydrogen-bond acceptors (Lipinski definition) is 7. The number of nitrogens with zero attached hydrogens (tertiary/aromatic N) is 1. The highest BCUT2D eigenvalue weighted by Crippen LogP contribution is 2.37. The standard InChI is InChI=1S/C51H98N2O6/c1-7-10-13-16-20-26-34-46(35-27-21-17-14-11-8-2)58-48(54)37-29-23-19-24-31-42-53(44-33-41-52-50(56)51(4,5)57-6)43-32-25-30-38-49(55)59-47(45-39-40-45)36-28-22-18-15-12-9-3/h45-47H,7-44H2,1-6H3,(H,52,56). The van der Waals surface area contributed by atoms with Crippen molar-refractivity contribution in [2.75, 3.05) is 33.3 Å². The van der Waals surface area contributed by atoms with E-state index >= 15 is 0 Å². The van der Waals surface area contributed by atoms with Crippen LogP contribution in [0.15, 0.2) is 0 Å². The van der Waals surface area contributed by atoms with E-state index in [9.17, 15) is 14.4 Å². The van der Waals surface area contributed by atoms with E-state index in [1.54, 1.807) is 21.0 Å². The average molecular weight is 835 g/mol. The lowest BCUT2D eigenvalue weighted by molar-refractivity contribution is -0.151. The lowest BCUT2D eigenvalue weighted by atomic mass is 10.0. The fraction of sp³-hybridized carbons (Fsp3) is 0.941. The summed E-state index contributed by atoms with van der Waals surface area (Å²) in [6.07, 6.45) is 38.9. The molecule has 0 aromatic rings. The van der Waals surface area contributed by atoms with Crippen molar-refractivity contribution in [1.82, 2.24) is 10.2 Å². The summed E-state index contributed by atoms with van der Waals surface area (Å²) in [7, 11) is 1.57. The lowest BCUT2D eigenvalue weighted by Crippen LogP contribution is -2.44. The SMILES string of the molecule is CCCCCCCCC(CCCCCCCC)OC(=O)CCCCCCCN(CCCCCC(=O)OC(CCCCCCCC)C1CC1)CCCNC(=O)C(C)(C)OC. The molecular weight excluding hydrogens is 737 g/mol. The van der Waals surface area contributed by atoms with Gasteiger partial charge < -0.3 is 24.4 Å². The zero-order valence-electron chi connectivity index (χ0n) is 40.0. The molecule has 1 saturated carbocycles. The molecule has 8 heteroatoms. The summed E-state index contributed by atoms with van der Waals surface area (Å²) in [6.45, 7) is 13.9. The number of carbonyl (C=O) groups excluding carboxylic acids is 3. The first-order valence-corrected chi connectivity index (χ1v) is 25.6. The van der Waals surface area contributed by atoms with Crippen LogP contribution in [0, 0.1) is 5.92 Å². The average Bonchev–Trinajstić information content (AvgIpc) is 4.07. The first kappa shape index (κ1) is 55.3. The number of hydrogen-bond donors (Lipinski definition) is 1. The summed E-state index contributed by atoms with van der Waals surface area (Å²) < 4.78 is 17.4. The molecule has 0 radical (unpaired) electrons. The van der Waals surface area contributed by atoms with Crippen LogP contribution in [0.4, 0.5) is 0 Å². The van der Waals surface area contributed by atoms with Crippen LogP contribution in [-0.2, 0) is 28.6 Å². The minimum Gasteiger partial charge on any atom is -0.462 e. The predicted octanol–water partition coefficient (Wildman–Crippen LogP) is 13.6. The molecule has 1 N–H and O–H groups in total. The zero-order chi connectivity index (χ0) is 43.2. The molecule has 348 valence electrons. The molecule has 0 aromatic carbocycles. The lowest BCUT2D eigenvalue weighted by Gasteiger charge is -2.24. The molecule has 8 nitrogen and oxygen atoms in total. The van der Waals surface area contributed by atoms with Crippen molar-refractivity contribution >= 4 is 17.8 Å². The van der Waals surface area contributed by atoms with Crippen molar-refractivity contribution in [3.05, 3.63) is 0 Å². The first-order valence-electron chi connectivity index (χ1n) is 25.6.